The second-order valence-electron chi connectivity index (χ2n) is 7.21. The highest BCUT2D eigenvalue weighted by Gasteiger charge is 2.34. The number of likely N-dealkylation sites (tertiary alicyclic amines) is 1. The number of rotatable bonds is 7. The molecule has 140 valence electrons. The van der Waals surface area contributed by atoms with E-state index in [1.165, 1.54) is 6.26 Å². The Balaban J connectivity index is 1.92. The minimum Gasteiger partial charge on any atom is -0.379 e. The second kappa shape index (κ2) is 8.60. The van der Waals surface area contributed by atoms with Crippen LogP contribution < -0.4 is 0 Å². The van der Waals surface area contributed by atoms with Crippen LogP contribution in [0.2, 0.25) is 0 Å². The SMILES string of the molecule is CC(C)CC(=O)N1CCC(N(CCN2CCOCC2)S(C)(=O)=O)C1. The van der Waals surface area contributed by atoms with Crippen molar-refractivity contribution in [2.75, 3.05) is 58.7 Å². The highest BCUT2D eigenvalue weighted by molar-refractivity contribution is 7.88. The smallest absolute Gasteiger partial charge is 0.222 e. The van der Waals surface area contributed by atoms with Crippen LogP contribution in [0.1, 0.15) is 26.7 Å². The fourth-order valence-corrected chi connectivity index (χ4v) is 4.49. The van der Waals surface area contributed by atoms with E-state index in [9.17, 15) is 13.2 Å². The summed E-state index contributed by atoms with van der Waals surface area (Å²) in [6.45, 7) is 9.53. The van der Waals surface area contributed by atoms with E-state index in [1.54, 1.807) is 4.31 Å². The Labute approximate surface area is 146 Å². The number of carbonyl (C=O) groups excluding carboxylic acids is 1. The zero-order chi connectivity index (χ0) is 17.7. The van der Waals surface area contributed by atoms with Gasteiger partial charge in [0.2, 0.25) is 15.9 Å². The molecule has 0 aromatic rings. The van der Waals surface area contributed by atoms with E-state index in [1.807, 2.05) is 18.7 Å². The van der Waals surface area contributed by atoms with Crippen molar-refractivity contribution in [1.82, 2.24) is 14.1 Å². The monoisotopic (exact) mass is 361 g/mol. The first-order chi connectivity index (χ1) is 11.3. The summed E-state index contributed by atoms with van der Waals surface area (Å²) >= 11 is 0. The van der Waals surface area contributed by atoms with Crippen LogP contribution in [0.5, 0.6) is 0 Å². The van der Waals surface area contributed by atoms with Gasteiger partial charge in [-0.05, 0) is 12.3 Å². The highest BCUT2D eigenvalue weighted by Crippen LogP contribution is 2.20. The van der Waals surface area contributed by atoms with E-state index < -0.39 is 10.0 Å². The lowest BCUT2D eigenvalue weighted by Crippen LogP contribution is -2.47. The summed E-state index contributed by atoms with van der Waals surface area (Å²) in [5.74, 6) is 0.456. The number of sulfonamides is 1. The van der Waals surface area contributed by atoms with Crippen molar-refractivity contribution in [1.29, 1.82) is 0 Å². The van der Waals surface area contributed by atoms with Crippen molar-refractivity contribution in [3.8, 4) is 0 Å². The summed E-state index contributed by atoms with van der Waals surface area (Å²) in [7, 11) is -3.28. The summed E-state index contributed by atoms with van der Waals surface area (Å²) in [5, 5.41) is 0. The van der Waals surface area contributed by atoms with Gasteiger partial charge in [0, 0.05) is 51.7 Å². The minimum atomic E-state index is -3.28. The van der Waals surface area contributed by atoms with Gasteiger partial charge in [0.05, 0.1) is 19.5 Å². The van der Waals surface area contributed by atoms with E-state index in [2.05, 4.69) is 4.90 Å². The number of carbonyl (C=O) groups is 1. The Bertz CT molecular complexity index is 517. The molecule has 2 fully saturated rings. The van der Waals surface area contributed by atoms with Crippen molar-refractivity contribution in [3.63, 3.8) is 0 Å². The molecular formula is C16H31N3O4S. The molecule has 1 unspecified atom stereocenters. The van der Waals surface area contributed by atoms with Gasteiger partial charge in [-0.1, -0.05) is 13.8 Å². The average molecular weight is 362 g/mol. The summed E-state index contributed by atoms with van der Waals surface area (Å²) in [5.41, 5.74) is 0. The highest BCUT2D eigenvalue weighted by atomic mass is 32.2. The normalized spacial score (nSPS) is 23.4. The molecule has 2 saturated heterocycles. The molecule has 2 heterocycles. The molecule has 0 bridgehead atoms. The Morgan fingerprint density at radius 2 is 1.92 bits per heavy atom. The van der Waals surface area contributed by atoms with E-state index in [-0.39, 0.29) is 11.9 Å². The zero-order valence-corrected chi connectivity index (χ0v) is 15.9. The van der Waals surface area contributed by atoms with Gasteiger partial charge in [-0.25, -0.2) is 8.42 Å². The van der Waals surface area contributed by atoms with Gasteiger partial charge in [0.1, 0.15) is 0 Å². The van der Waals surface area contributed by atoms with Crippen LogP contribution in [0, 0.1) is 5.92 Å². The van der Waals surface area contributed by atoms with Crippen molar-refractivity contribution >= 4 is 15.9 Å². The molecule has 2 rings (SSSR count). The molecule has 24 heavy (non-hydrogen) atoms. The van der Waals surface area contributed by atoms with Crippen LogP contribution >= 0.6 is 0 Å². The summed E-state index contributed by atoms with van der Waals surface area (Å²) in [4.78, 5) is 16.3. The predicted molar refractivity (Wildman–Crippen MR) is 93.2 cm³/mol. The molecule has 1 atom stereocenters. The predicted octanol–water partition coefficient (Wildman–Crippen LogP) is 0.227. The van der Waals surface area contributed by atoms with Crippen molar-refractivity contribution in [2.45, 2.75) is 32.7 Å². The molecule has 0 aromatic carbocycles. The van der Waals surface area contributed by atoms with Gasteiger partial charge < -0.3 is 9.64 Å². The van der Waals surface area contributed by atoms with E-state index in [4.69, 9.17) is 4.74 Å². The van der Waals surface area contributed by atoms with Crippen LogP contribution in [0.3, 0.4) is 0 Å². The van der Waals surface area contributed by atoms with Crippen LogP contribution in [0.15, 0.2) is 0 Å². The Hall–Kier alpha value is -0.700. The molecule has 2 aliphatic heterocycles. The Morgan fingerprint density at radius 3 is 2.50 bits per heavy atom. The second-order valence-corrected chi connectivity index (χ2v) is 9.14. The van der Waals surface area contributed by atoms with E-state index >= 15 is 0 Å². The third kappa shape index (κ3) is 5.68. The van der Waals surface area contributed by atoms with Crippen LogP contribution in [0.25, 0.3) is 0 Å². The third-order valence-electron chi connectivity index (χ3n) is 4.67. The molecule has 0 radical (unpaired) electrons. The van der Waals surface area contributed by atoms with Crippen LogP contribution in [-0.4, -0.2) is 93.2 Å². The fourth-order valence-electron chi connectivity index (χ4n) is 3.37. The first-order valence-electron chi connectivity index (χ1n) is 8.82. The summed E-state index contributed by atoms with van der Waals surface area (Å²) in [6, 6.07) is -0.0999. The molecule has 0 aliphatic carbocycles. The lowest BCUT2D eigenvalue weighted by Gasteiger charge is -2.31. The molecule has 8 heteroatoms. The molecule has 2 aliphatic rings. The van der Waals surface area contributed by atoms with Crippen molar-refractivity contribution in [3.05, 3.63) is 0 Å². The van der Waals surface area contributed by atoms with Crippen molar-refractivity contribution < 1.29 is 17.9 Å². The largest absolute Gasteiger partial charge is 0.379 e. The number of ether oxygens (including phenoxy) is 1. The lowest BCUT2D eigenvalue weighted by molar-refractivity contribution is -0.131. The van der Waals surface area contributed by atoms with Gasteiger partial charge >= 0.3 is 0 Å². The maximum Gasteiger partial charge on any atom is 0.222 e. The molecule has 0 N–H and O–H groups in total. The lowest BCUT2D eigenvalue weighted by atomic mass is 10.1. The summed E-state index contributed by atoms with van der Waals surface area (Å²) < 4.78 is 31.4. The maximum atomic E-state index is 12.2. The quantitative estimate of drug-likeness (QED) is 0.649. The number of nitrogens with zero attached hydrogens (tertiary/aromatic N) is 3. The number of morpholine rings is 1. The molecule has 0 spiro atoms. The number of amides is 1. The third-order valence-corrected chi connectivity index (χ3v) is 6.01. The van der Waals surface area contributed by atoms with Gasteiger partial charge in [0.25, 0.3) is 0 Å². The number of hydrogen-bond acceptors (Lipinski definition) is 5. The van der Waals surface area contributed by atoms with Gasteiger partial charge in [0.15, 0.2) is 0 Å². The maximum absolute atomic E-state index is 12.2. The van der Waals surface area contributed by atoms with Crippen LogP contribution in [-0.2, 0) is 19.6 Å². The molecule has 0 aromatic heterocycles. The van der Waals surface area contributed by atoms with Crippen molar-refractivity contribution in [2.24, 2.45) is 5.92 Å². The zero-order valence-electron chi connectivity index (χ0n) is 15.1. The fraction of sp³-hybridized carbons (Fsp3) is 0.938. The van der Waals surface area contributed by atoms with Gasteiger partial charge in [-0.3, -0.25) is 9.69 Å². The average Bonchev–Trinajstić information content (AvgIpc) is 2.96. The van der Waals surface area contributed by atoms with Crippen LogP contribution in [0.4, 0.5) is 0 Å². The molecule has 1 amide bonds. The Morgan fingerprint density at radius 1 is 1.25 bits per heavy atom. The minimum absolute atomic E-state index is 0.0999. The van der Waals surface area contributed by atoms with Gasteiger partial charge in [-0.2, -0.15) is 4.31 Å². The summed E-state index contributed by atoms with van der Waals surface area (Å²) in [6.07, 6.45) is 2.52. The standard InChI is InChI=1S/C16H31N3O4S/c1-14(2)12-16(20)18-5-4-15(13-18)19(24(3,21)22)7-6-17-8-10-23-11-9-17/h14-15H,4-13H2,1-3H3. The first-order valence-corrected chi connectivity index (χ1v) is 10.7. The molecular weight excluding hydrogens is 330 g/mol. The van der Waals surface area contributed by atoms with Gasteiger partial charge in [-0.15, -0.1) is 0 Å². The molecule has 7 nitrogen and oxygen atoms in total. The topological polar surface area (TPSA) is 70.2 Å². The Kier molecular flexibility index (Phi) is 7.03. The first kappa shape index (κ1) is 19.6. The van der Waals surface area contributed by atoms with E-state index in [0.717, 1.165) is 19.5 Å². The molecule has 0 saturated carbocycles. The number of hydrogen-bond donors (Lipinski definition) is 0. The van der Waals surface area contributed by atoms with E-state index in [0.29, 0.717) is 51.7 Å².